The molecule has 4 rings (SSSR count). The Bertz CT molecular complexity index is 1110. The van der Waals surface area contributed by atoms with Gasteiger partial charge in [-0.2, -0.15) is 5.26 Å². The number of hydrogen-bond acceptors (Lipinski definition) is 4. The Morgan fingerprint density at radius 1 is 1.32 bits per heavy atom. The zero-order valence-electron chi connectivity index (χ0n) is 13.0. The Morgan fingerprint density at radius 2 is 2.16 bits per heavy atom. The van der Waals surface area contributed by atoms with Crippen molar-refractivity contribution in [3.05, 3.63) is 65.0 Å². The van der Waals surface area contributed by atoms with E-state index >= 15 is 0 Å². The lowest BCUT2D eigenvalue weighted by Crippen LogP contribution is -2.13. The average molecular weight is 349 g/mol. The van der Waals surface area contributed by atoms with E-state index in [4.69, 9.17) is 0 Å². The number of aromatic amines is 1. The van der Waals surface area contributed by atoms with Crippen LogP contribution in [0.1, 0.15) is 16.5 Å². The van der Waals surface area contributed by atoms with Gasteiger partial charge in [-0.05, 0) is 35.9 Å². The third kappa shape index (κ3) is 2.79. The minimum absolute atomic E-state index is 0.0970. The molecule has 0 saturated heterocycles. The number of carbonyl (C=O) groups excluding carboxylic acids is 1. The average Bonchev–Trinajstić information content (AvgIpc) is 3.19. The molecule has 4 nitrogen and oxygen atoms in total. The van der Waals surface area contributed by atoms with E-state index in [1.165, 1.54) is 23.5 Å². The van der Waals surface area contributed by atoms with Crippen molar-refractivity contribution in [3.63, 3.8) is 0 Å². The van der Waals surface area contributed by atoms with Gasteiger partial charge in [-0.3, -0.25) is 4.79 Å². The minimum atomic E-state index is -0.900. The highest BCUT2D eigenvalue weighted by atomic mass is 32.1. The van der Waals surface area contributed by atoms with Crippen LogP contribution in [0.25, 0.3) is 21.1 Å². The molecule has 1 N–H and O–H groups in total. The Labute approximate surface area is 146 Å². The molecule has 0 aliphatic carbocycles. The van der Waals surface area contributed by atoms with E-state index in [1.807, 2.05) is 24.3 Å². The molecule has 2 aromatic heterocycles. The predicted molar refractivity (Wildman–Crippen MR) is 94.9 cm³/mol. The van der Waals surface area contributed by atoms with E-state index in [2.05, 4.69) is 16.0 Å². The fourth-order valence-electron chi connectivity index (χ4n) is 2.87. The lowest BCUT2D eigenvalue weighted by Gasteiger charge is -2.04. The molecule has 0 amide bonds. The molecule has 2 aromatic carbocycles. The summed E-state index contributed by atoms with van der Waals surface area (Å²) in [6, 6.07) is 14.0. The molecule has 0 fully saturated rings. The van der Waals surface area contributed by atoms with Gasteiger partial charge in [0.05, 0.1) is 16.3 Å². The topological polar surface area (TPSA) is 69.5 Å². The third-order valence-corrected chi connectivity index (χ3v) is 5.20. The number of benzene rings is 2. The van der Waals surface area contributed by atoms with Gasteiger partial charge in [-0.15, -0.1) is 11.3 Å². The van der Waals surface area contributed by atoms with Gasteiger partial charge in [0.1, 0.15) is 10.8 Å². The first-order valence-corrected chi connectivity index (χ1v) is 8.50. The SMILES string of the molecule is N#CC(C(=O)Cc1c[nH]c2cc(F)ccc12)c1nc2ccccc2s1. The lowest BCUT2D eigenvalue weighted by molar-refractivity contribution is -0.118. The molecule has 25 heavy (non-hydrogen) atoms. The molecule has 0 aliphatic rings. The molecule has 2 heterocycles. The van der Waals surface area contributed by atoms with E-state index < -0.39 is 5.92 Å². The summed E-state index contributed by atoms with van der Waals surface area (Å²) in [5.41, 5.74) is 2.18. The summed E-state index contributed by atoms with van der Waals surface area (Å²) in [4.78, 5) is 20.1. The minimum Gasteiger partial charge on any atom is -0.361 e. The van der Waals surface area contributed by atoms with Crippen molar-refractivity contribution in [2.24, 2.45) is 0 Å². The zero-order valence-corrected chi connectivity index (χ0v) is 13.8. The number of carbonyl (C=O) groups is 1. The quantitative estimate of drug-likeness (QED) is 0.596. The number of ketones is 1. The fraction of sp³-hybridized carbons (Fsp3) is 0.105. The number of Topliss-reactive ketones (excluding diaryl/α,β-unsaturated/α-hetero) is 1. The summed E-state index contributed by atoms with van der Waals surface area (Å²) < 4.78 is 14.2. The van der Waals surface area contributed by atoms with Crippen molar-refractivity contribution in [1.29, 1.82) is 5.26 Å². The number of rotatable bonds is 4. The Hall–Kier alpha value is -3.04. The summed E-state index contributed by atoms with van der Waals surface area (Å²) >= 11 is 1.36. The van der Waals surface area contributed by atoms with Gasteiger partial charge < -0.3 is 4.98 Å². The van der Waals surface area contributed by atoms with Crippen LogP contribution in [0.3, 0.4) is 0 Å². The van der Waals surface area contributed by atoms with Gasteiger partial charge in [0.25, 0.3) is 0 Å². The summed E-state index contributed by atoms with van der Waals surface area (Å²) in [7, 11) is 0. The number of thiazole rings is 1. The van der Waals surface area contributed by atoms with Crippen molar-refractivity contribution >= 4 is 38.2 Å². The van der Waals surface area contributed by atoms with Crippen LogP contribution in [0.4, 0.5) is 4.39 Å². The van der Waals surface area contributed by atoms with Crippen LogP contribution in [-0.4, -0.2) is 15.8 Å². The molecule has 1 unspecified atom stereocenters. The Balaban J connectivity index is 1.65. The number of nitrogens with one attached hydrogen (secondary N) is 1. The van der Waals surface area contributed by atoms with Crippen LogP contribution >= 0.6 is 11.3 Å². The number of nitrogens with zero attached hydrogens (tertiary/aromatic N) is 2. The monoisotopic (exact) mass is 349 g/mol. The number of halogens is 1. The molecule has 1 atom stereocenters. The molecular formula is C19H12FN3OS. The van der Waals surface area contributed by atoms with Crippen LogP contribution in [0.15, 0.2) is 48.7 Å². The number of para-hydroxylation sites is 1. The molecule has 0 radical (unpaired) electrons. The van der Waals surface area contributed by atoms with E-state index in [1.54, 1.807) is 12.3 Å². The highest BCUT2D eigenvalue weighted by Gasteiger charge is 2.25. The van der Waals surface area contributed by atoms with Gasteiger partial charge in [-0.1, -0.05) is 12.1 Å². The van der Waals surface area contributed by atoms with Crippen LogP contribution in [-0.2, 0) is 11.2 Å². The highest BCUT2D eigenvalue weighted by molar-refractivity contribution is 7.18. The van der Waals surface area contributed by atoms with E-state index in [0.29, 0.717) is 10.5 Å². The van der Waals surface area contributed by atoms with Gasteiger partial charge in [-0.25, -0.2) is 9.37 Å². The van der Waals surface area contributed by atoms with Crippen LogP contribution in [0.5, 0.6) is 0 Å². The fourth-order valence-corrected chi connectivity index (χ4v) is 3.91. The summed E-state index contributed by atoms with van der Waals surface area (Å²) in [6.45, 7) is 0. The molecule has 0 bridgehead atoms. The zero-order chi connectivity index (χ0) is 17.4. The molecule has 122 valence electrons. The standard InChI is InChI=1S/C19H12FN3OS/c20-12-5-6-13-11(10-22-16(13)8-12)7-17(24)14(9-21)19-23-15-3-1-2-4-18(15)25-19/h1-6,8,10,14,22H,7H2. The smallest absolute Gasteiger partial charge is 0.161 e. The number of nitriles is 1. The highest BCUT2D eigenvalue weighted by Crippen LogP contribution is 2.29. The molecule has 4 aromatic rings. The molecular weight excluding hydrogens is 337 g/mol. The first-order chi connectivity index (χ1) is 12.2. The maximum atomic E-state index is 13.3. The maximum Gasteiger partial charge on any atom is 0.161 e. The van der Waals surface area contributed by atoms with Crippen LogP contribution in [0.2, 0.25) is 0 Å². The second-order valence-corrected chi connectivity index (χ2v) is 6.79. The Morgan fingerprint density at radius 3 is 2.96 bits per heavy atom. The van der Waals surface area contributed by atoms with Crippen LogP contribution in [0, 0.1) is 17.1 Å². The van der Waals surface area contributed by atoms with Gasteiger partial charge >= 0.3 is 0 Å². The Kier molecular flexibility index (Phi) is 3.79. The van der Waals surface area contributed by atoms with Crippen molar-refractivity contribution in [2.75, 3.05) is 0 Å². The first kappa shape index (κ1) is 15.5. The van der Waals surface area contributed by atoms with Crippen molar-refractivity contribution in [3.8, 4) is 6.07 Å². The van der Waals surface area contributed by atoms with Gasteiger partial charge in [0, 0.05) is 23.5 Å². The second kappa shape index (κ2) is 6.11. The van der Waals surface area contributed by atoms with Gasteiger partial charge in [0.2, 0.25) is 0 Å². The summed E-state index contributed by atoms with van der Waals surface area (Å²) in [5, 5.41) is 10.8. The van der Waals surface area contributed by atoms with Crippen molar-refractivity contribution < 1.29 is 9.18 Å². The molecule has 0 aliphatic heterocycles. The number of hydrogen-bond donors (Lipinski definition) is 1. The first-order valence-electron chi connectivity index (χ1n) is 7.69. The normalized spacial score (nSPS) is 12.3. The van der Waals surface area contributed by atoms with E-state index in [-0.39, 0.29) is 18.0 Å². The number of H-pyrrole nitrogens is 1. The largest absolute Gasteiger partial charge is 0.361 e. The van der Waals surface area contributed by atoms with Crippen LogP contribution < -0.4 is 0 Å². The van der Waals surface area contributed by atoms with Crippen molar-refractivity contribution in [2.45, 2.75) is 12.3 Å². The predicted octanol–water partition coefficient (Wildman–Crippen LogP) is 4.34. The number of aromatic nitrogens is 2. The molecule has 6 heteroatoms. The molecule has 0 spiro atoms. The number of fused-ring (bicyclic) bond motifs is 2. The van der Waals surface area contributed by atoms with E-state index in [9.17, 15) is 14.4 Å². The lowest BCUT2D eigenvalue weighted by atomic mass is 9.99. The maximum absolute atomic E-state index is 13.3. The molecule has 0 saturated carbocycles. The van der Waals surface area contributed by atoms with Gasteiger partial charge in [0.15, 0.2) is 11.7 Å². The third-order valence-electron chi connectivity index (χ3n) is 4.10. The van der Waals surface area contributed by atoms with E-state index in [0.717, 1.165) is 21.2 Å². The van der Waals surface area contributed by atoms with Crippen molar-refractivity contribution in [1.82, 2.24) is 9.97 Å². The second-order valence-electron chi connectivity index (χ2n) is 5.73. The summed E-state index contributed by atoms with van der Waals surface area (Å²) in [5.74, 6) is -1.45. The summed E-state index contributed by atoms with van der Waals surface area (Å²) in [6.07, 6.45) is 1.79.